The fourth-order valence-corrected chi connectivity index (χ4v) is 4.31. The van der Waals surface area contributed by atoms with E-state index in [1.165, 1.54) is 31.4 Å². The van der Waals surface area contributed by atoms with Gasteiger partial charge in [-0.1, -0.05) is 0 Å². The van der Waals surface area contributed by atoms with Gasteiger partial charge in [-0.15, -0.1) is 0 Å². The van der Waals surface area contributed by atoms with Crippen LogP contribution in [-0.4, -0.2) is 45.7 Å². The van der Waals surface area contributed by atoms with E-state index in [1.54, 1.807) is 24.0 Å². The van der Waals surface area contributed by atoms with E-state index in [1.807, 2.05) is 0 Å². The molecule has 2 aromatic carbocycles. The summed E-state index contributed by atoms with van der Waals surface area (Å²) >= 11 is 0. The smallest absolute Gasteiger partial charge is 0.341 e. The first-order valence-electron chi connectivity index (χ1n) is 9.18. The highest BCUT2D eigenvalue weighted by Gasteiger charge is 2.25. The van der Waals surface area contributed by atoms with E-state index < -0.39 is 22.6 Å². The summed E-state index contributed by atoms with van der Waals surface area (Å²) in [6.07, 6.45) is 1.24. The number of aliphatic carboxylic acids is 1. The number of benzene rings is 2. The quantitative estimate of drug-likeness (QED) is 0.654. The number of aryl methyl sites for hydroxylation is 1. The fourth-order valence-electron chi connectivity index (χ4n) is 3.17. The molecule has 1 fully saturated rings. The largest absolute Gasteiger partial charge is 0.494 e. The summed E-state index contributed by atoms with van der Waals surface area (Å²) in [6.45, 7) is 1.70. The maximum atomic E-state index is 12.8. The molecule has 10 heteroatoms. The van der Waals surface area contributed by atoms with Crippen molar-refractivity contribution in [2.45, 2.75) is 24.7 Å². The number of carboxylic acid groups (broad SMARTS) is 1. The monoisotopic (exact) mass is 434 g/mol. The van der Waals surface area contributed by atoms with Gasteiger partial charge in [0.15, 0.2) is 6.61 Å². The van der Waals surface area contributed by atoms with Crippen LogP contribution >= 0.6 is 0 Å². The average molecular weight is 434 g/mol. The lowest BCUT2D eigenvalue weighted by atomic mass is 10.2. The van der Waals surface area contributed by atoms with Gasteiger partial charge >= 0.3 is 5.97 Å². The van der Waals surface area contributed by atoms with Crippen LogP contribution in [0.25, 0.3) is 0 Å². The van der Waals surface area contributed by atoms with Crippen LogP contribution < -0.4 is 19.1 Å². The molecule has 3 rings (SSSR count). The third-order valence-corrected chi connectivity index (χ3v) is 5.98. The van der Waals surface area contributed by atoms with Gasteiger partial charge in [-0.3, -0.25) is 9.52 Å². The number of carboxylic acids is 1. The Labute approximate surface area is 174 Å². The molecule has 0 radical (unpaired) electrons. The SMILES string of the molecule is COc1cc(NS(=O)(=O)c2ccc(OCC(=O)O)c(C)c2)ccc1N1CCCC1=O. The molecular weight excluding hydrogens is 412 g/mol. The predicted octanol–water partition coefficient (Wildman–Crippen LogP) is 2.39. The van der Waals surface area contributed by atoms with Gasteiger partial charge in [-0.25, -0.2) is 13.2 Å². The summed E-state index contributed by atoms with van der Waals surface area (Å²) in [5.41, 5.74) is 1.37. The summed E-state index contributed by atoms with van der Waals surface area (Å²) in [4.78, 5) is 24.3. The van der Waals surface area contributed by atoms with Crippen LogP contribution in [0.1, 0.15) is 18.4 Å². The van der Waals surface area contributed by atoms with Crippen molar-refractivity contribution >= 4 is 33.3 Å². The molecule has 30 heavy (non-hydrogen) atoms. The van der Waals surface area contributed by atoms with Gasteiger partial charge in [0.25, 0.3) is 10.0 Å². The topological polar surface area (TPSA) is 122 Å². The van der Waals surface area contributed by atoms with Crippen LogP contribution in [0.4, 0.5) is 11.4 Å². The molecule has 0 atom stereocenters. The molecule has 9 nitrogen and oxygen atoms in total. The second-order valence-corrected chi connectivity index (χ2v) is 8.43. The second-order valence-electron chi connectivity index (χ2n) is 6.75. The van der Waals surface area contributed by atoms with Crippen LogP contribution in [0, 0.1) is 6.92 Å². The number of nitrogens with zero attached hydrogens (tertiary/aromatic N) is 1. The lowest BCUT2D eigenvalue weighted by Gasteiger charge is -2.20. The Hall–Kier alpha value is -3.27. The van der Waals surface area contributed by atoms with Gasteiger partial charge in [0, 0.05) is 19.0 Å². The Morgan fingerprint density at radius 1 is 1.20 bits per heavy atom. The maximum Gasteiger partial charge on any atom is 0.341 e. The van der Waals surface area contributed by atoms with Gasteiger partial charge in [-0.2, -0.15) is 0 Å². The average Bonchev–Trinajstić information content (AvgIpc) is 3.12. The molecule has 1 aliphatic heterocycles. The molecule has 0 unspecified atom stereocenters. The van der Waals surface area contributed by atoms with E-state index in [9.17, 15) is 18.0 Å². The number of nitrogens with one attached hydrogen (secondary N) is 1. The third kappa shape index (κ3) is 4.65. The lowest BCUT2D eigenvalue weighted by molar-refractivity contribution is -0.139. The normalized spacial score (nSPS) is 13.9. The summed E-state index contributed by atoms with van der Waals surface area (Å²) < 4.78 is 38.5. The second kappa shape index (κ2) is 8.62. The molecule has 0 aromatic heterocycles. The van der Waals surface area contributed by atoms with Crippen molar-refractivity contribution in [3.8, 4) is 11.5 Å². The van der Waals surface area contributed by atoms with E-state index in [-0.39, 0.29) is 22.2 Å². The van der Waals surface area contributed by atoms with Gasteiger partial charge in [-0.05, 0) is 49.2 Å². The van der Waals surface area contributed by atoms with Crippen molar-refractivity contribution in [3.63, 3.8) is 0 Å². The Balaban J connectivity index is 1.82. The number of sulfonamides is 1. The van der Waals surface area contributed by atoms with Crippen molar-refractivity contribution in [2.24, 2.45) is 0 Å². The van der Waals surface area contributed by atoms with Crippen molar-refractivity contribution in [1.82, 2.24) is 0 Å². The Kier molecular flexibility index (Phi) is 6.16. The number of rotatable bonds is 8. The predicted molar refractivity (Wildman–Crippen MR) is 110 cm³/mol. The number of carbonyl (C=O) groups is 2. The fraction of sp³-hybridized carbons (Fsp3) is 0.300. The third-order valence-electron chi connectivity index (χ3n) is 4.60. The molecular formula is C20H22N2O7S. The zero-order valence-corrected chi connectivity index (χ0v) is 17.4. The van der Waals surface area contributed by atoms with E-state index in [4.69, 9.17) is 14.6 Å². The highest BCUT2D eigenvalue weighted by atomic mass is 32.2. The van der Waals surface area contributed by atoms with Crippen molar-refractivity contribution < 1.29 is 32.6 Å². The summed E-state index contributed by atoms with van der Waals surface area (Å²) in [7, 11) is -2.45. The lowest BCUT2D eigenvalue weighted by Crippen LogP contribution is -2.24. The number of amides is 1. The van der Waals surface area contributed by atoms with E-state index in [2.05, 4.69) is 4.72 Å². The van der Waals surface area contributed by atoms with Gasteiger partial charge in [0.2, 0.25) is 5.91 Å². The van der Waals surface area contributed by atoms with Gasteiger partial charge < -0.3 is 19.5 Å². The first-order valence-corrected chi connectivity index (χ1v) is 10.7. The van der Waals surface area contributed by atoms with E-state index >= 15 is 0 Å². The minimum atomic E-state index is -3.91. The van der Waals surface area contributed by atoms with Crippen LogP contribution in [-0.2, 0) is 19.6 Å². The minimum Gasteiger partial charge on any atom is -0.494 e. The molecule has 1 heterocycles. The highest BCUT2D eigenvalue weighted by molar-refractivity contribution is 7.92. The first kappa shape index (κ1) is 21.4. The molecule has 0 spiro atoms. The molecule has 0 saturated carbocycles. The zero-order chi connectivity index (χ0) is 21.9. The van der Waals surface area contributed by atoms with Crippen LogP contribution in [0.2, 0.25) is 0 Å². The van der Waals surface area contributed by atoms with Crippen molar-refractivity contribution in [3.05, 3.63) is 42.0 Å². The van der Waals surface area contributed by atoms with Crippen LogP contribution in [0.3, 0.4) is 0 Å². The molecule has 2 N–H and O–H groups in total. The molecule has 1 saturated heterocycles. The van der Waals surface area contributed by atoms with Crippen molar-refractivity contribution in [2.75, 3.05) is 29.9 Å². The molecule has 160 valence electrons. The van der Waals surface area contributed by atoms with E-state index in [0.717, 1.165) is 6.42 Å². The van der Waals surface area contributed by atoms with Crippen LogP contribution in [0.5, 0.6) is 11.5 Å². The Morgan fingerprint density at radius 3 is 2.57 bits per heavy atom. The molecule has 1 aliphatic rings. The Morgan fingerprint density at radius 2 is 1.97 bits per heavy atom. The van der Waals surface area contributed by atoms with Crippen LogP contribution in [0.15, 0.2) is 41.3 Å². The summed E-state index contributed by atoms with van der Waals surface area (Å²) in [5.74, 6) is -0.445. The Bertz CT molecular complexity index is 1080. The molecule has 2 aromatic rings. The number of ether oxygens (including phenoxy) is 2. The number of anilines is 2. The maximum absolute atomic E-state index is 12.8. The molecule has 0 aliphatic carbocycles. The zero-order valence-electron chi connectivity index (χ0n) is 16.5. The standard InChI is InChI=1S/C20H22N2O7S/c1-13-10-15(6-8-17(13)29-12-20(24)25)30(26,27)21-14-5-7-16(18(11-14)28-2)22-9-3-4-19(22)23/h5-8,10-11,21H,3-4,9,12H2,1-2H3,(H,24,25). The first-order chi connectivity index (χ1) is 14.2. The summed E-state index contributed by atoms with van der Waals surface area (Å²) in [5, 5.41) is 8.70. The molecule has 0 bridgehead atoms. The summed E-state index contributed by atoms with van der Waals surface area (Å²) in [6, 6.07) is 8.88. The number of carbonyl (C=O) groups excluding carboxylic acids is 1. The minimum absolute atomic E-state index is 0.000407. The number of hydrogen-bond acceptors (Lipinski definition) is 6. The highest BCUT2D eigenvalue weighted by Crippen LogP contribution is 2.34. The number of methoxy groups -OCH3 is 1. The van der Waals surface area contributed by atoms with Crippen molar-refractivity contribution in [1.29, 1.82) is 0 Å². The number of hydrogen-bond donors (Lipinski definition) is 2. The van der Waals surface area contributed by atoms with E-state index in [0.29, 0.717) is 30.0 Å². The van der Waals surface area contributed by atoms with Gasteiger partial charge in [0.1, 0.15) is 11.5 Å². The molecule has 1 amide bonds. The van der Waals surface area contributed by atoms with Gasteiger partial charge in [0.05, 0.1) is 23.4 Å².